The molecule has 0 aliphatic rings. The van der Waals surface area contributed by atoms with Crippen molar-refractivity contribution >= 4 is 52.5 Å². The highest BCUT2D eigenvalue weighted by Gasteiger charge is 2.22. The number of carboxylic acid groups (broad SMARTS) is 1. The van der Waals surface area contributed by atoms with Gasteiger partial charge in [-0.3, -0.25) is 0 Å². The van der Waals surface area contributed by atoms with Gasteiger partial charge in [-0.1, -0.05) is 34.8 Å². The Morgan fingerprint density at radius 3 is 2.13 bits per heavy atom. The quantitative estimate of drug-likeness (QED) is 0.647. The predicted molar refractivity (Wildman–Crippen MR) is 64.9 cm³/mol. The van der Waals surface area contributed by atoms with Gasteiger partial charge >= 0.3 is 5.97 Å². The van der Waals surface area contributed by atoms with Gasteiger partial charge in [0.15, 0.2) is 0 Å². The summed E-state index contributed by atoms with van der Waals surface area (Å²) in [6, 6.07) is 0. The summed E-state index contributed by atoms with van der Waals surface area (Å²) in [4.78, 5) is 11.6. The van der Waals surface area contributed by atoms with Crippen LogP contribution in [0.15, 0.2) is 4.90 Å². The number of thioether (sulfide) groups is 1. The molecule has 1 N–H and O–H groups in total. The van der Waals surface area contributed by atoms with Gasteiger partial charge in [-0.05, 0) is 18.7 Å². The largest absolute Gasteiger partial charge is 0.478 e. The normalized spacial score (nSPS) is 10.5. The van der Waals surface area contributed by atoms with Gasteiger partial charge in [0.25, 0.3) is 0 Å². The van der Waals surface area contributed by atoms with Crippen LogP contribution in [0.4, 0.5) is 0 Å². The number of aromatic carboxylic acids is 1. The number of benzene rings is 1. The van der Waals surface area contributed by atoms with Crippen molar-refractivity contribution in [2.24, 2.45) is 0 Å². The van der Waals surface area contributed by atoms with Crippen LogP contribution in [0.1, 0.15) is 15.9 Å². The van der Waals surface area contributed by atoms with Gasteiger partial charge in [0.1, 0.15) is 0 Å². The number of carbonyl (C=O) groups is 1. The third-order valence-electron chi connectivity index (χ3n) is 1.92. The van der Waals surface area contributed by atoms with Crippen LogP contribution in [0.5, 0.6) is 0 Å². The van der Waals surface area contributed by atoms with E-state index in [4.69, 9.17) is 39.9 Å². The molecule has 0 aromatic heterocycles. The third kappa shape index (κ3) is 2.21. The average molecular weight is 286 g/mol. The number of halogens is 3. The zero-order chi connectivity index (χ0) is 11.7. The fraction of sp³-hybridized carbons (Fsp3) is 0.222. The lowest BCUT2D eigenvalue weighted by Crippen LogP contribution is -2.02. The van der Waals surface area contributed by atoms with Crippen LogP contribution in [0.2, 0.25) is 15.1 Å². The summed E-state index contributed by atoms with van der Waals surface area (Å²) >= 11 is 19.1. The number of carboxylic acids is 1. The molecule has 0 saturated carbocycles. The highest BCUT2D eigenvalue weighted by atomic mass is 35.5. The first-order valence-electron chi connectivity index (χ1n) is 3.86. The second-order valence-electron chi connectivity index (χ2n) is 2.78. The molecule has 0 fully saturated rings. The molecule has 2 nitrogen and oxygen atoms in total. The van der Waals surface area contributed by atoms with E-state index in [9.17, 15) is 4.79 Å². The first kappa shape index (κ1) is 13.0. The molecule has 0 aliphatic heterocycles. The van der Waals surface area contributed by atoms with Crippen LogP contribution in [0.3, 0.4) is 0 Å². The number of hydrogen-bond donors (Lipinski definition) is 1. The van der Waals surface area contributed by atoms with Crippen molar-refractivity contribution in [3.8, 4) is 0 Å². The van der Waals surface area contributed by atoms with E-state index in [2.05, 4.69) is 0 Å². The van der Waals surface area contributed by atoms with Crippen molar-refractivity contribution in [2.75, 3.05) is 6.26 Å². The molecular weight excluding hydrogens is 279 g/mol. The van der Waals surface area contributed by atoms with Crippen molar-refractivity contribution in [3.05, 3.63) is 26.2 Å². The SMILES string of the molecule is CSc1c(C)c(Cl)c(C(=O)O)c(Cl)c1Cl. The van der Waals surface area contributed by atoms with Crippen molar-refractivity contribution < 1.29 is 9.90 Å². The Labute approximate surface area is 107 Å². The van der Waals surface area contributed by atoms with E-state index in [1.165, 1.54) is 11.8 Å². The maximum Gasteiger partial charge on any atom is 0.338 e. The van der Waals surface area contributed by atoms with E-state index in [0.717, 1.165) is 0 Å². The molecule has 1 aromatic rings. The molecule has 0 saturated heterocycles. The van der Waals surface area contributed by atoms with Crippen molar-refractivity contribution in [1.29, 1.82) is 0 Å². The highest BCUT2D eigenvalue weighted by molar-refractivity contribution is 7.98. The van der Waals surface area contributed by atoms with Crippen molar-refractivity contribution in [3.63, 3.8) is 0 Å². The molecule has 0 spiro atoms. The number of hydrogen-bond acceptors (Lipinski definition) is 2. The first-order chi connectivity index (χ1) is 6.91. The molecule has 1 rings (SSSR count). The van der Waals surface area contributed by atoms with Crippen LogP contribution >= 0.6 is 46.6 Å². The lowest BCUT2D eigenvalue weighted by atomic mass is 10.1. The van der Waals surface area contributed by atoms with Gasteiger partial charge in [0.2, 0.25) is 0 Å². The zero-order valence-electron chi connectivity index (χ0n) is 7.90. The fourth-order valence-electron chi connectivity index (χ4n) is 1.19. The Kier molecular flexibility index (Phi) is 4.18. The molecule has 1 aromatic carbocycles. The molecular formula is C9H7Cl3O2S. The Bertz CT molecular complexity index is 403. The second-order valence-corrected chi connectivity index (χ2v) is 4.73. The molecule has 0 heterocycles. The van der Waals surface area contributed by atoms with E-state index in [0.29, 0.717) is 10.5 Å². The molecule has 0 amide bonds. The van der Waals surface area contributed by atoms with Crippen LogP contribution in [-0.2, 0) is 0 Å². The maximum absolute atomic E-state index is 10.9. The summed E-state index contributed by atoms with van der Waals surface area (Å²) in [6.07, 6.45) is 1.82. The fourth-order valence-corrected chi connectivity index (χ4v) is 3.05. The Morgan fingerprint density at radius 1 is 1.20 bits per heavy atom. The standard InChI is InChI=1S/C9H7Cl3O2S/c1-3-5(10)4(9(13)14)6(11)7(12)8(3)15-2/h1-2H3,(H,13,14). The van der Waals surface area contributed by atoms with E-state index < -0.39 is 5.97 Å². The van der Waals surface area contributed by atoms with Gasteiger partial charge in [-0.2, -0.15) is 0 Å². The van der Waals surface area contributed by atoms with Crippen LogP contribution in [0.25, 0.3) is 0 Å². The average Bonchev–Trinajstić information content (AvgIpc) is 2.16. The Hall–Kier alpha value is -0.0900. The minimum atomic E-state index is -1.18. The summed E-state index contributed by atoms with van der Waals surface area (Å²) in [5, 5.41) is 9.29. The van der Waals surface area contributed by atoms with E-state index >= 15 is 0 Å². The van der Waals surface area contributed by atoms with E-state index in [-0.39, 0.29) is 20.6 Å². The minimum Gasteiger partial charge on any atom is -0.478 e. The molecule has 15 heavy (non-hydrogen) atoms. The first-order valence-corrected chi connectivity index (χ1v) is 6.22. The monoisotopic (exact) mass is 284 g/mol. The highest BCUT2D eigenvalue weighted by Crippen LogP contribution is 2.41. The predicted octanol–water partition coefficient (Wildman–Crippen LogP) is 4.38. The summed E-state index contributed by atoms with van der Waals surface area (Å²) < 4.78 is 0. The van der Waals surface area contributed by atoms with Crippen molar-refractivity contribution in [1.82, 2.24) is 0 Å². The molecule has 0 radical (unpaired) electrons. The second kappa shape index (κ2) is 4.83. The summed E-state index contributed by atoms with van der Waals surface area (Å²) in [7, 11) is 0. The summed E-state index contributed by atoms with van der Waals surface area (Å²) in [5.41, 5.74) is 0.495. The summed E-state index contributed by atoms with van der Waals surface area (Å²) in [6.45, 7) is 1.71. The summed E-state index contributed by atoms with van der Waals surface area (Å²) in [5.74, 6) is -1.18. The van der Waals surface area contributed by atoms with Gasteiger partial charge in [-0.15, -0.1) is 11.8 Å². The van der Waals surface area contributed by atoms with Gasteiger partial charge < -0.3 is 5.11 Å². The van der Waals surface area contributed by atoms with Crippen LogP contribution in [-0.4, -0.2) is 17.3 Å². The van der Waals surface area contributed by atoms with Crippen LogP contribution in [0, 0.1) is 6.92 Å². The minimum absolute atomic E-state index is 0.0101. The lowest BCUT2D eigenvalue weighted by molar-refractivity contribution is 0.0697. The Morgan fingerprint density at radius 2 is 1.73 bits per heavy atom. The van der Waals surface area contributed by atoms with E-state index in [1.807, 2.05) is 6.26 Å². The smallest absolute Gasteiger partial charge is 0.338 e. The third-order valence-corrected chi connectivity index (χ3v) is 4.27. The topological polar surface area (TPSA) is 37.3 Å². The molecule has 0 atom stereocenters. The Balaban J connectivity index is 3.66. The van der Waals surface area contributed by atoms with Gasteiger partial charge in [-0.25, -0.2) is 4.79 Å². The van der Waals surface area contributed by atoms with Crippen LogP contribution < -0.4 is 0 Å². The zero-order valence-corrected chi connectivity index (χ0v) is 11.0. The molecule has 6 heteroatoms. The molecule has 0 bridgehead atoms. The lowest BCUT2D eigenvalue weighted by Gasteiger charge is -2.12. The van der Waals surface area contributed by atoms with E-state index in [1.54, 1.807) is 6.92 Å². The van der Waals surface area contributed by atoms with Gasteiger partial charge in [0, 0.05) is 4.90 Å². The van der Waals surface area contributed by atoms with Crippen molar-refractivity contribution in [2.45, 2.75) is 11.8 Å². The van der Waals surface area contributed by atoms with Gasteiger partial charge in [0.05, 0.1) is 20.6 Å². The number of rotatable bonds is 2. The molecule has 82 valence electrons. The molecule has 0 aliphatic carbocycles. The maximum atomic E-state index is 10.9. The molecule has 0 unspecified atom stereocenters.